The van der Waals surface area contributed by atoms with Crippen molar-refractivity contribution in [2.75, 3.05) is 0 Å². The van der Waals surface area contributed by atoms with E-state index in [-0.39, 0.29) is 0 Å². The lowest BCUT2D eigenvalue weighted by Crippen LogP contribution is -1.81. The van der Waals surface area contributed by atoms with Gasteiger partial charge in [0.15, 0.2) is 4.18 Å². The first-order chi connectivity index (χ1) is 4.70. The number of hydrogen-bond acceptors (Lipinski definition) is 0. The molecule has 0 N–H and O–H groups in total. The highest BCUT2D eigenvalue weighted by molar-refractivity contribution is 14.1. The highest BCUT2D eigenvalue weighted by atomic mass is 127. The van der Waals surface area contributed by atoms with Gasteiger partial charge in [-0.15, -0.1) is 0 Å². The van der Waals surface area contributed by atoms with Crippen molar-refractivity contribution >= 4 is 22.6 Å². The summed E-state index contributed by atoms with van der Waals surface area (Å²) in [4.78, 5) is 0. The Labute approximate surface area is 73.6 Å². The molecule has 1 aromatic rings. The molecule has 0 fully saturated rings. The second-order valence-electron chi connectivity index (χ2n) is 2.21. The van der Waals surface area contributed by atoms with Crippen molar-refractivity contribution in [3.63, 3.8) is 0 Å². The lowest BCUT2D eigenvalue weighted by atomic mass is 10.2. The van der Waals surface area contributed by atoms with Crippen LogP contribution in [0.3, 0.4) is 0 Å². The number of halogens is 2. The zero-order chi connectivity index (χ0) is 7.56. The van der Waals surface area contributed by atoms with Crippen LogP contribution in [0, 0.1) is 6.92 Å². The van der Waals surface area contributed by atoms with Crippen LogP contribution in [0.5, 0.6) is 0 Å². The van der Waals surface area contributed by atoms with E-state index in [9.17, 15) is 4.39 Å². The van der Waals surface area contributed by atoms with E-state index in [0.717, 1.165) is 11.1 Å². The fourth-order valence-corrected chi connectivity index (χ4v) is 1.19. The Morgan fingerprint density at radius 1 is 1.50 bits per heavy atom. The number of alkyl halides is 2. The second-order valence-corrected chi connectivity index (χ2v) is 3.31. The number of rotatable bonds is 1. The Balaban J connectivity index is 2.96. The van der Waals surface area contributed by atoms with Gasteiger partial charge in [0.05, 0.1) is 0 Å². The lowest BCUT2D eigenvalue weighted by molar-refractivity contribution is 0.490. The molecular weight excluding hydrogens is 242 g/mol. The lowest BCUT2D eigenvalue weighted by Gasteiger charge is -1.99. The predicted molar refractivity (Wildman–Crippen MR) is 49.0 cm³/mol. The largest absolute Gasteiger partial charge is 0.231 e. The molecular formula is C8H8FI. The molecule has 10 heavy (non-hydrogen) atoms. The summed E-state index contributed by atoms with van der Waals surface area (Å²) in [6, 6.07) is 7.49. The van der Waals surface area contributed by atoms with Crippen LogP contribution < -0.4 is 0 Å². The molecule has 1 aromatic carbocycles. The molecule has 0 bridgehead atoms. The Bertz CT molecular complexity index is 220. The Kier molecular flexibility index (Phi) is 2.65. The molecule has 0 aromatic heterocycles. The maximum Gasteiger partial charge on any atom is 0.176 e. The van der Waals surface area contributed by atoms with E-state index >= 15 is 0 Å². The molecule has 0 nitrogen and oxygen atoms in total. The number of hydrogen-bond donors (Lipinski definition) is 0. The molecule has 54 valence electrons. The van der Waals surface area contributed by atoms with Crippen molar-refractivity contribution in [1.29, 1.82) is 0 Å². The smallest absolute Gasteiger partial charge is 0.176 e. The van der Waals surface area contributed by atoms with Gasteiger partial charge in [-0.25, -0.2) is 4.39 Å². The molecule has 0 radical (unpaired) electrons. The first-order valence-electron chi connectivity index (χ1n) is 3.05. The third kappa shape index (κ3) is 1.94. The summed E-state index contributed by atoms with van der Waals surface area (Å²) in [7, 11) is 0. The minimum absolute atomic E-state index is 0.751. The molecule has 0 heterocycles. The van der Waals surface area contributed by atoms with Crippen molar-refractivity contribution in [1.82, 2.24) is 0 Å². The summed E-state index contributed by atoms with van der Waals surface area (Å²) >= 11 is 1.76. The third-order valence-corrected chi connectivity index (χ3v) is 2.01. The zero-order valence-electron chi connectivity index (χ0n) is 5.64. The maximum absolute atomic E-state index is 12.6. The van der Waals surface area contributed by atoms with Gasteiger partial charge >= 0.3 is 0 Å². The predicted octanol–water partition coefficient (Wildman–Crippen LogP) is 3.40. The quantitative estimate of drug-likeness (QED) is 0.529. The van der Waals surface area contributed by atoms with Crippen LogP contribution in [0.15, 0.2) is 24.3 Å². The molecule has 0 aliphatic rings. The highest BCUT2D eigenvalue weighted by Crippen LogP contribution is 2.24. The minimum atomic E-state index is -0.877. The van der Waals surface area contributed by atoms with Gasteiger partial charge < -0.3 is 0 Å². The zero-order valence-corrected chi connectivity index (χ0v) is 7.80. The molecule has 0 saturated heterocycles. The summed E-state index contributed by atoms with van der Waals surface area (Å²) in [6.07, 6.45) is 0. The topological polar surface area (TPSA) is 0 Å². The normalized spacial score (nSPS) is 13.1. The van der Waals surface area contributed by atoms with E-state index < -0.39 is 4.18 Å². The van der Waals surface area contributed by atoms with Gasteiger partial charge in [-0.1, -0.05) is 29.8 Å². The van der Waals surface area contributed by atoms with E-state index in [1.54, 1.807) is 28.7 Å². The molecule has 0 amide bonds. The first kappa shape index (κ1) is 7.98. The van der Waals surface area contributed by atoms with Gasteiger partial charge in [-0.3, -0.25) is 0 Å². The van der Waals surface area contributed by atoms with Crippen molar-refractivity contribution < 1.29 is 4.39 Å². The van der Waals surface area contributed by atoms with Crippen LogP contribution in [0.1, 0.15) is 15.3 Å². The Morgan fingerprint density at radius 2 is 2.20 bits per heavy atom. The van der Waals surface area contributed by atoms with E-state index in [1.807, 2.05) is 25.1 Å². The van der Waals surface area contributed by atoms with Gasteiger partial charge in [0, 0.05) is 0 Å². The van der Waals surface area contributed by atoms with Gasteiger partial charge in [-0.2, -0.15) is 0 Å². The van der Waals surface area contributed by atoms with E-state index in [0.29, 0.717) is 0 Å². The maximum atomic E-state index is 12.6. The second kappa shape index (κ2) is 3.32. The fourth-order valence-electron chi connectivity index (χ4n) is 0.806. The third-order valence-electron chi connectivity index (χ3n) is 1.29. The molecule has 0 aliphatic carbocycles. The Morgan fingerprint density at radius 3 is 2.60 bits per heavy atom. The molecule has 1 rings (SSSR count). The number of benzene rings is 1. The van der Waals surface area contributed by atoms with Crippen molar-refractivity contribution in [2.24, 2.45) is 0 Å². The van der Waals surface area contributed by atoms with Crippen molar-refractivity contribution in [3.8, 4) is 0 Å². The molecule has 2 heteroatoms. The first-order valence-corrected chi connectivity index (χ1v) is 4.29. The Hall–Kier alpha value is -0.120. The monoisotopic (exact) mass is 250 g/mol. The SMILES string of the molecule is Cc1cccc([C@H](F)I)c1. The van der Waals surface area contributed by atoms with E-state index in [1.165, 1.54) is 0 Å². The van der Waals surface area contributed by atoms with Crippen molar-refractivity contribution in [3.05, 3.63) is 35.4 Å². The van der Waals surface area contributed by atoms with Crippen LogP contribution in [0.4, 0.5) is 4.39 Å². The summed E-state index contributed by atoms with van der Waals surface area (Å²) in [6.45, 7) is 1.96. The molecule has 0 aliphatic heterocycles. The average molecular weight is 250 g/mol. The molecule has 0 saturated carbocycles. The number of aryl methyl sites for hydroxylation is 1. The highest BCUT2D eigenvalue weighted by Gasteiger charge is 2.01. The minimum Gasteiger partial charge on any atom is -0.231 e. The van der Waals surface area contributed by atoms with Crippen LogP contribution >= 0.6 is 22.6 Å². The van der Waals surface area contributed by atoms with Crippen LogP contribution in [0.2, 0.25) is 0 Å². The molecule has 1 atom stereocenters. The van der Waals surface area contributed by atoms with Gasteiger partial charge in [0.25, 0.3) is 0 Å². The summed E-state index contributed by atoms with van der Waals surface area (Å²) < 4.78 is 11.7. The van der Waals surface area contributed by atoms with E-state index in [2.05, 4.69) is 0 Å². The van der Waals surface area contributed by atoms with Gasteiger partial charge in [0.1, 0.15) is 0 Å². The standard InChI is InChI=1S/C8H8FI/c1-6-3-2-4-7(5-6)8(9)10/h2-5,8H,1H3/t8-/m1/s1. The molecule has 0 unspecified atom stereocenters. The fraction of sp³-hybridized carbons (Fsp3) is 0.250. The summed E-state index contributed by atoms with van der Waals surface area (Å²) in [5.74, 6) is 0. The van der Waals surface area contributed by atoms with E-state index in [4.69, 9.17) is 0 Å². The summed E-state index contributed by atoms with van der Waals surface area (Å²) in [5, 5.41) is 0. The van der Waals surface area contributed by atoms with Gasteiger partial charge in [0.2, 0.25) is 0 Å². The van der Waals surface area contributed by atoms with Gasteiger partial charge in [-0.05, 0) is 35.1 Å². The average Bonchev–Trinajstić information content (AvgIpc) is 1.88. The van der Waals surface area contributed by atoms with Crippen LogP contribution in [0.25, 0.3) is 0 Å². The van der Waals surface area contributed by atoms with Crippen molar-refractivity contribution in [2.45, 2.75) is 11.1 Å². The summed E-state index contributed by atoms with van der Waals surface area (Å²) in [5.41, 5.74) is 1.86. The molecule has 0 spiro atoms. The van der Waals surface area contributed by atoms with Crippen LogP contribution in [-0.4, -0.2) is 0 Å². The van der Waals surface area contributed by atoms with Crippen LogP contribution in [-0.2, 0) is 0 Å².